The van der Waals surface area contributed by atoms with E-state index in [-0.39, 0.29) is 23.0 Å². The van der Waals surface area contributed by atoms with E-state index in [0.717, 1.165) is 30.3 Å². The van der Waals surface area contributed by atoms with Gasteiger partial charge in [0.25, 0.3) is 0 Å². The summed E-state index contributed by atoms with van der Waals surface area (Å²) >= 11 is 0. The molecule has 0 saturated carbocycles. The molecule has 3 rings (SSSR count). The van der Waals surface area contributed by atoms with Crippen molar-refractivity contribution < 1.29 is 31.5 Å². The monoisotopic (exact) mass is 409 g/mol. The molecule has 150 valence electrons. The second kappa shape index (κ2) is 8.13. The molecule has 0 bridgehead atoms. The number of aromatic nitrogens is 1. The summed E-state index contributed by atoms with van der Waals surface area (Å²) in [7, 11) is 0. The van der Waals surface area contributed by atoms with Gasteiger partial charge in [-0.15, -0.1) is 0 Å². The highest BCUT2D eigenvalue weighted by Gasteiger charge is 2.30. The fourth-order valence-corrected chi connectivity index (χ4v) is 2.27. The van der Waals surface area contributed by atoms with Crippen molar-refractivity contribution in [2.24, 2.45) is 0 Å². The maximum atomic E-state index is 13.2. The number of nitrogens with one attached hydrogen (secondary N) is 2. The van der Waals surface area contributed by atoms with Crippen LogP contribution in [-0.4, -0.2) is 11.0 Å². The van der Waals surface area contributed by atoms with Gasteiger partial charge in [0.2, 0.25) is 5.88 Å². The van der Waals surface area contributed by atoms with E-state index in [1.807, 2.05) is 0 Å². The highest BCUT2D eigenvalue weighted by Crippen LogP contribution is 2.33. The SMILES string of the molecule is O=C(Nc1ccc(F)c(F)c1)Nc1cccnc1Oc1cccc(C(F)(F)F)c1. The fraction of sp³-hybridized carbons (Fsp3) is 0.0526. The first-order valence-electron chi connectivity index (χ1n) is 8.05. The number of ether oxygens (including phenoxy) is 1. The molecule has 0 atom stereocenters. The van der Waals surface area contributed by atoms with Crippen LogP contribution in [0, 0.1) is 11.6 Å². The third-order valence-corrected chi connectivity index (χ3v) is 3.57. The minimum atomic E-state index is -4.55. The lowest BCUT2D eigenvalue weighted by Crippen LogP contribution is -2.20. The van der Waals surface area contributed by atoms with Crippen LogP contribution >= 0.6 is 0 Å². The zero-order valence-electron chi connectivity index (χ0n) is 14.4. The van der Waals surface area contributed by atoms with Crippen molar-refractivity contribution in [3.05, 3.63) is 78.0 Å². The van der Waals surface area contributed by atoms with Gasteiger partial charge in [0.1, 0.15) is 11.4 Å². The van der Waals surface area contributed by atoms with Gasteiger partial charge in [0.15, 0.2) is 11.6 Å². The molecule has 3 aromatic rings. The molecular weight excluding hydrogens is 397 g/mol. The Morgan fingerprint density at radius 3 is 2.45 bits per heavy atom. The number of carbonyl (C=O) groups excluding carboxylic acids is 1. The van der Waals surface area contributed by atoms with Crippen molar-refractivity contribution in [1.82, 2.24) is 4.98 Å². The Morgan fingerprint density at radius 1 is 0.931 bits per heavy atom. The third kappa shape index (κ3) is 5.18. The summed E-state index contributed by atoms with van der Waals surface area (Å²) in [5, 5.41) is 4.67. The molecule has 0 spiro atoms. The number of rotatable bonds is 4. The van der Waals surface area contributed by atoms with Gasteiger partial charge >= 0.3 is 12.2 Å². The molecule has 29 heavy (non-hydrogen) atoms. The Morgan fingerprint density at radius 2 is 1.72 bits per heavy atom. The Hall–Kier alpha value is -3.69. The molecule has 1 aromatic heterocycles. The molecule has 1 heterocycles. The Bertz CT molecular complexity index is 1040. The van der Waals surface area contributed by atoms with Crippen LogP contribution in [0.3, 0.4) is 0 Å². The quantitative estimate of drug-likeness (QED) is 0.534. The highest BCUT2D eigenvalue weighted by atomic mass is 19.4. The van der Waals surface area contributed by atoms with Crippen LogP contribution in [0.25, 0.3) is 0 Å². The maximum Gasteiger partial charge on any atom is 0.416 e. The number of pyridine rings is 1. The van der Waals surface area contributed by atoms with Gasteiger partial charge < -0.3 is 15.4 Å². The lowest BCUT2D eigenvalue weighted by molar-refractivity contribution is -0.137. The molecule has 2 aromatic carbocycles. The van der Waals surface area contributed by atoms with Gasteiger partial charge in [0.05, 0.1) is 5.56 Å². The molecule has 10 heteroatoms. The van der Waals surface area contributed by atoms with E-state index in [2.05, 4.69) is 15.6 Å². The van der Waals surface area contributed by atoms with E-state index >= 15 is 0 Å². The lowest BCUT2D eigenvalue weighted by Gasteiger charge is -2.13. The summed E-state index contributed by atoms with van der Waals surface area (Å²) < 4.78 is 70.0. The number of alkyl halides is 3. The smallest absolute Gasteiger partial charge is 0.416 e. The molecule has 2 N–H and O–H groups in total. The zero-order valence-corrected chi connectivity index (χ0v) is 14.4. The van der Waals surface area contributed by atoms with E-state index in [1.54, 1.807) is 0 Å². The summed E-state index contributed by atoms with van der Waals surface area (Å²) in [5.74, 6) is -2.51. The normalized spacial score (nSPS) is 11.1. The van der Waals surface area contributed by atoms with E-state index in [0.29, 0.717) is 0 Å². The van der Waals surface area contributed by atoms with E-state index in [1.165, 1.54) is 30.5 Å². The largest absolute Gasteiger partial charge is 0.437 e. The molecule has 0 fully saturated rings. The first-order valence-corrected chi connectivity index (χ1v) is 8.05. The predicted molar refractivity (Wildman–Crippen MR) is 94.8 cm³/mol. The maximum absolute atomic E-state index is 13.2. The van der Waals surface area contributed by atoms with Gasteiger partial charge in [-0.1, -0.05) is 6.07 Å². The third-order valence-electron chi connectivity index (χ3n) is 3.57. The highest BCUT2D eigenvalue weighted by molar-refractivity contribution is 6.00. The van der Waals surface area contributed by atoms with Gasteiger partial charge in [-0.2, -0.15) is 13.2 Å². The summed E-state index contributed by atoms with van der Waals surface area (Å²) in [6.45, 7) is 0. The van der Waals surface area contributed by atoms with Crippen molar-refractivity contribution in [1.29, 1.82) is 0 Å². The molecule has 0 radical (unpaired) electrons. The van der Waals surface area contributed by atoms with Gasteiger partial charge in [0, 0.05) is 18.0 Å². The number of urea groups is 1. The Labute approximate surface area is 161 Å². The average molecular weight is 409 g/mol. The number of halogens is 5. The minimum absolute atomic E-state index is 0.00867. The standard InChI is InChI=1S/C19H12F5N3O2/c20-14-7-6-12(10-15(14)21)26-18(28)27-16-5-2-8-25-17(16)29-13-4-1-3-11(9-13)19(22,23)24/h1-10H,(H2,26,27,28). The Balaban J connectivity index is 1.75. The number of carbonyl (C=O) groups is 1. The zero-order chi connectivity index (χ0) is 21.0. The molecular formula is C19H12F5N3O2. The molecule has 0 aliphatic rings. The fourth-order valence-electron chi connectivity index (χ4n) is 2.27. The number of anilines is 2. The van der Waals surface area contributed by atoms with Gasteiger partial charge in [-0.3, -0.25) is 0 Å². The topological polar surface area (TPSA) is 63.2 Å². The number of hydrogen-bond acceptors (Lipinski definition) is 3. The lowest BCUT2D eigenvalue weighted by atomic mass is 10.2. The van der Waals surface area contributed by atoms with Crippen LogP contribution in [0.1, 0.15) is 5.56 Å². The van der Waals surface area contributed by atoms with Crippen LogP contribution in [0.2, 0.25) is 0 Å². The van der Waals surface area contributed by atoms with Crippen LogP contribution in [0.4, 0.5) is 38.1 Å². The summed E-state index contributed by atoms with van der Waals surface area (Å²) in [6, 6.07) is 8.99. The summed E-state index contributed by atoms with van der Waals surface area (Å²) in [5.41, 5.74) is -0.868. The van der Waals surface area contributed by atoms with Crippen LogP contribution < -0.4 is 15.4 Å². The molecule has 2 amide bonds. The second-order valence-corrected chi connectivity index (χ2v) is 5.69. The Kier molecular flexibility index (Phi) is 5.62. The second-order valence-electron chi connectivity index (χ2n) is 5.69. The van der Waals surface area contributed by atoms with Crippen molar-refractivity contribution in [3.63, 3.8) is 0 Å². The minimum Gasteiger partial charge on any atom is -0.437 e. The number of benzene rings is 2. The molecule has 0 saturated heterocycles. The predicted octanol–water partition coefficient (Wildman–Crippen LogP) is 5.81. The summed E-state index contributed by atoms with van der Waals surface area (Å²) in [4.78, 5) is 16.0. The van der Waals surface area contributed by atoms with Crippen molar-refractivity contribution in [2.75, 3.05) is 10.6 Å². The first kappa shape index (κ1) is 20.1. The van der Waals surface area contributed by atoms with Crippen LogP contribution in [0.15, 0.2) is 60.8 Å². The molecule has 0 unspecified atom stereocenters. The van der Waals surface area contributed by atoms with Crippen LogP contribution in [-0.2, 0) is 6.18 Å². The van der Waals surface area contributed by atoms with E-state index < -0.39 is 29.4 Å². The summed E-state index contributed by atoms with van der Waals surface area (Å²) in [6.07, 6.45) is -3.23. The molecule has 5 nitrogen and oxygen atoms in total. The average Bonchev–Trinajstić information content (AvgIpc) is 2.66. The molecule has 0 aliphatic carbocycles. The van der Waals surface area contributed by atoms with Crippen LogP contribution in [0.5, 0.6) is 11.6 Å². The van der Waals surface area contributed by atoms with Gasteiger partial charge in [-0.05, 0) is 42.5 Å². The van der Waals surface area contributed by atoms with E-state index in [4.69, 9.17) is 4.74 Å². The van der Waals surface area contributed by atoms with Crippen molar-refractivity contribution in [2.45, 2.75) is 6.18 Å². The number of nitrogens with zero attached hydrogens (tertiary/aromatic N) is 1. The molecule has 0 aliphatic heterocycles. The van der Waals surface area contributed by atoms with Crippen molar-refractivity contribution in [3.8, 4) is 11.6 Å². The van der Waals surface area contributed by atoms with Crippen molar-refractivity contribution >= 4 is 17.4 Å². The van der Waals surface area contributed by atoms with E-state index in [9.17, 15) is 26.7 Å². The number of amides is 2. The first-order chi connectivity index (χ1) is 13.7. The number of hydrogen-bond donors (Lipinski definition) is 2. The van der Waals surface area contributed by atoms with Gasteiger partial charge in [-0.25, -0.2) is 18.6 Å².